The van der Waals surface area contributed by atoms with Crippen LogP contribution in [-0.4, -0.2) is 121 Å². The third-order valence-corrected chi connectivity index (χ3v) is 9.92. The molecule has 48 heavy (non-hydrogen) atoms. The molecule has 0 aromatic heterocycles. The Morgan fingerprint density at radius 2 is 1.17 bits per heavy atom. The summed E-state index contributed by atoms with van der Waals surface area (Å²) >= 11 is 0. The van der Waals surface area contributed by atoms with Crippen LogP contribution in [0.5, 0.6) is 0 Å². The molecule has 3 aliphatic heterocycles. The van der Waals surface area contributed by atoms with Gasteiger partial charge in [-0.05, 0) is 52.4 Å². The van der Waals surface area contributed by atoms with E-state index >= 15 is 0 Å². The molecule has 1 aliphatic carbocycles. The summed E-state index contributed by atoms with van der Waals surface area (Å²) in [4.78, 5) is 92.1. The molecule has 0 spiro atoms. The molecule has 0 radical (unpaired) electrons. The maximum absolute atomic E-state index is 12.9. The van der Waals surface area contributed by atoms with Gasteiger partial charge in [0.25, 0.3) is 0 Å². The minimum atomic E-state index is -0.525. The van der Waals surface area contributed by atoms with Crippen LogP contribution in [0.2, 0.25) is 0 Å². The summed E-state index contributed by atoms with van der Waals surface area (Å²) in [6.07, 6.45) is 5.70. The highest BCUT2D eigenvalue weighted by molar-refractivity contribution is 5.90. The summed E-state index contributed by atoms with van der Waals surface area (Å²) in [6.45, 7) is 8.09. The number of esters is 2. The van der Waals surface area contributed by atoms with Gasteiger partial charge in [-0.25, -0.2) is 0 Å². The lowest BCUT2D eigenvalue weighted by molar-refractivity contribution is -0.160. The van der Waals surface area contributed by atoms with Crippen LogP contribution in [0.3, 0.4) is 0 Å². The predicted octanol–water partition coefficient (Wildman–Crippen LogP) is 0.866. The first-order valence-electron chi connectivity index (χ1n) is 17.4. The number of hydrogen-bond acceptors (Lipinski definition) is 9. The molecule has 4 fully saturated rings. The minimum absolute atomic E-state index is 0.0312. The zero-order valence-electron chi connectivity index (χ0n) is 28.9. The molecule has 0 aromatic rings. The van der Waals surface area contributed by atoms with Crippen molar-refractivity contribution in [2.24, 2.45) is 29.6 Å². The lowest BCUT2D eigenvalue weighted by Crippen LogP contribution is -2.40. The van der Waals surface area contributed by atoms with E-state index in [9.17, 15) is 33.6 Å². The molecule has 0 bridgehead atoms. The molecule has 268 valence electrons. The van der Waals surface area contributed by atoms with E-state index in [2.05, 4.69) is 10.6 Å². The SMILES string of the molecule is COC(=O)C1CC(=O)N(CCNC(=O)C2CC(=O)N(CCNC(=O)C3CC(=O)N(CC[C@H]4CCC[C@@H](C(=O)OC(C)(C)C)CC4)C3)C2)C1. The van der Waals surface area contributed by atoms with Gasteiger partial charge in [0, 0.05) is 71.6 Å². The second-order valence-corrected chi connectivity index (χ2v) is 14.7. The van der Waals surface area contributed by atoms with Crippen molar-refractivity contribution in [2.75, 3.05) is 59.5 Å². The van der Waals surface area contributed by atoms with Crippen molar-refractivity contribution >= 4 is 41.5 Å². The normalized spacial score (nSPS) is 26.5. The molecule has 1 saturated carbocycles. The first-order chi connectivity index (χ1) is 22.7. The molecule has 14 heteroatoms. The molecular weight excluding hydrogens is 622 g/mol. The largest absolute Gasteiger partial charge is 0.469 e. The second-order valence-electron chi connectivity index (χ2n) is 14.7. The number of nitrogens with one attached hydrogen (secondary N) is 2. The first kappa shape index (κ1) is 37.1. The fourth-order valence-corrected chi connectivity index (χ4v) is 7.18. The van der Waals surface area contributed by atoms with Crippen molar-refractivity contribution in [3.8, 4) is 0 Å². The summed E-state index contributed by atoms with van der Waals surface area (Å²) in [6, 6.07) is 0. The molecule has 5 atom stereocenters. The topological polar surface area (TPSA) is 172 Å². The van der Waals surface area contributed by atoms with Crippen molar-refractivity contribution in [2.45, 2.75) is 84.2 Å². The van der Waals surface area contributed by atoms with Crippen molar-refractivity contribution in [1.29, 1.82) is 0 Å². The number of ether oxygens (including phenoxy) is 2. The zero-order valence-corrected chi connectivity index (χ0v) is 28.9. The van der Waals surface area contributed by atoms with E-state index < -0.39 is 29.3 Å². The van der Waals surface area contributed by atoms with Crippen LogP contribution in [0.25, 0.3) is 0 Å². The molecule has 14 nitrogen and oxygen atoms in total. The highest BCUT2D eigenvalue weighted by Gasteiger charge is 2.38. The summed E-state index contributed by atoms with van der Waals surface area (Å²) in [7, 11) is 1.29. The van der Waals surface area contributed by atoms with Crippen LogP contribution in [0.1, 0.15) is 78.6 Å². The highest BCUT2D eigenvalue weighted by Crippen LogP contribution is 2.32. The zero-order chi connectivity index (χ0) is 35.0. The van der Waals surface area contributed by atoms with Gasteiger partial charge in [-0.1, -0.05) is 12.8 Å². The van der Waals surface area contributed by atoms with Crippen LogP contribution < -0.4 is 10.6 Å². The molecule has 2 N–H and O–H groups in total. The van der Waals surface area contributed by atoms with Gasteiger partial charge < -0.3 is 34.8 Å². The van der Waals surface area contributed by atoms with E-state index in [-0.39, 0.29) is 100.0 Å². The molecule has 3 heterocycles. The molecule has 4 aliphatic rings. The molecule has 5 amide bonds. The van der Waals surface area contributed by atoms with Crippen molar-refractivity contribution in [1.82, 2.24) is 25.3 Å². The number of carbonyl (C=O) groups is 7. The number of likely N-dealkylation sites (tertiary alicyclic amines) is 3. The van der Waals surface area contributed by atoms with E-state index in [0.717, 1.165) is 38.5 Å². The van der Waals surface area contributed by atoms with E-state index in [1.165, 1.54) is 12.0 Å². The predicted molar refractivity (Wildman–Crippen MR) is 173 cm³/mol. The smallest absolute Gasteiger partial charge is 0.310 e. The number of rotatable bonds is 13. The van der Waals surface area contributed by atoms with Gasteiger partial charge in [0.2, 0.25) is 29.5 Å². The van der Waals surface area contributed by atoms with Crippen LogP contribution in [0.4, 0.5) is 0 Å². The Kier molecular flexibility index (Phi) is 12.8. The van der Waals surface area contributed by atoms with E-state index in [1.807, 2.05) is 20.8 Å². The first-order valence-corrected chi connectivity index (χ1v) is 17.4. The van der Waals surface area contributed by atoms with E-state index in [1.54, 1.807) is 9.80 Å². The number of hydrogen-bond donors (Lipinski definition) is 2. The molecule has 3 saturated heterocycles. The molecule has 4 rings (SSSR count). The van der Waals surface area contributed by atoms with Crippen LogP contribution in [0, 0.1) is 29.6 Å². The lowest BCUT2D eigenvalue weighted by atomic mass is 9.95. The molecule has 3 unspecified atom stereocenters. The Labute approximate surface area is 282 Å². The number of nitrogens with zero attached hydrogens (tertiary/aromatic N) is 3. The Bertz CT molecular complexity index is 1230. The van der Waals surface area contributed by atoms with Gasteiger partial charge in [-0.2, -0.15) is 0 Å². The van der Waals surface area contributed by atoms with Crippen molar-refractivity contribution in [3.63, 3.8) is 0 Å². The quantitative estimate of drug-likeness (QED) is 0.212. The summed E-state index contributed by atoms with van der Waals surface area (Å²) in [5.41, 5.74) is -0.492. The average Bonchev–Trinajstić information content (AvgIpc) is 3.64. The Morgan fingerprint density at radius 3 is 1.69 bits per heavy atom. The fraction of sp³-hybridized carbons (Fsp3) is 0.794. The standard InChI is InChI=1S/C34H53N5O9/c1-34(2,3)48-33(46)23-7-5-6-22(8-9-23)10-13-37-19-24(16-27(37)40)30(43)35-11-14-38-20-25(17-28(38)41)31(44)36-12-15-39-21-26(18-29(39)42)32(45)47-4/h22-26H,5-21H2,1-4H3,(H,35,43)(H,36,44)/t22-,23+,24?,25?,26?/m0/s1. The Hall–Kier alpha value is -3.71. The summed E-state index contributed by atoms with van der Waals surface area (Å²) in [5, 5.41) is 5.65. The van der Waals surface area contributed by atoms with Crippen LogP contribution in [0.15, 0.2) is 0 Å². The minimum Gasteiger partial charge on any atom is -0.469 e. The van der Waals surface area contributed by atoms with E-state index in [4.69, 9.17) is 9.47 Å². The summed E-state index contributed by atoms with van der Waals surface area (Å²) in [5.74, 6) is -2.50. The number of carbonyl (C=O) groups excluding carboxylic acids is 7. The van der Waals surface area contributed by atoms with Crippen molar-refractivity contribution < 1.29 is 43.0 Å². The van der Waals surface area contributed by atoms with Gasteiger partial charge in [0.15, 0.2) is 0 Å². The monoisotopic (exact) mass is 675 g/mol. The number of amides is 5. The lowest BCUT2D eigenvalue weighted by Gasteiger charge is -2.23. The van der Waals surface area contributed by atoms with Crippen molar-refractivity contribution in [3.05, 3.63) is 0 Å². The molecule has 0 aromatic carbocycles. The maximum atomic E-state index is 12.9. The fourth-order valence-electron chi connectivity index (χ4n) is 7.18. The average molecular weight is 676 g/mol. The third-order valence-electron chi connectivity index (χ3n) is 9.92. The third kappa shape index (κ3) is 10.4. The van der Waals surface area contributed by atoms with Gasteiger partial charge in [0.1, 0.15) is 5.60 Å². The Balaban J connectivity index is 1.10. The van der Waals surface area contributed by atoms with Gasteiger partial charge >= 0.3 is 11.9 Å². The van der Waals surface area contributed by atoms with Crippen LogP contribution >= 0.6 is 0 Å². The maximum Gasteiger partial charge on any atom is 0.310 e. The highest BCUT2D eigenvalue weighted by atomic mass is 16.6. The van der Waals surface area contributed by atoms with Crippen LogP contribution in [-0.2, 0) is 43.0 Å². The van der Waals surface area contributed by atoms with Gasteiger partial charge in [-0.15, -0.1) is 0 Å². The Morgan fingerprint density at radius 1 is 0.667 bits per heavy atom. The van der Waals surface area contributed by atoms with Gasteiger partial charge in [-0.3, -0.25) is 33.6 Å². The second kappa shape index (κ2) is 16.6. The molecular formula is C34H53N5O9. The number of methoxy groups -OCH3 is 1. The summed E-state index contributed by atoms with van der Waals surface area (Å²) < 4.78 is 10.3. The van der Waals surface area contributed by atoms with Gasteiger partial charge in [0.05, 0.1) is 30.8 Å². The van der Waals surface area contributed by atoms with E-state index in [0.29, 0.717) is 19.0 Å².